The third kappa shape index (κ3) is 6.40. The minimum Gasteiger partial charge on any atom is -0.493 e. The molecule has 1 aliphatic rings. The number of nitrogens with one attached hydrogen (secondary N) is 1. The van der Waals surface area contributed by atoms with Gasteiger partial charge in [-0.1, -0.05) is 31.9 Å². The number of carbonyl (C=O) groups excluding carboxylic acids is 1. The van der Waals surface area contributed by atoms with Gasteiger partial charge < -0.3 is 19.5 Å². The molecule has 0 aromatic heterocycles. The van der Waals surface area contributed by atoms with Crippen LogP contribution in [0.1, 0.15) is 78.8 Å². The van der Waals surface area contributed by atoms with Crippen molar-refractivity contribution in [3.05, 3.63) is 29.8 Å². The average molecular weight is 392 g/mol. The first kappa shape index (κ1) is 22.5. The number of methoxy groups -OCH3 is 1. The largest absolute Gasteiger partial charge is 0.493 e. The number of benzene rings is 1. The molecule has 0 heterocycles. The molecule has 0 radical (unpaired) electrons. The molecule has 5 heteroatoms. The van der Waals surface area contributed by atoms with Gasteiger partial charge in [0.2, 0.25) is 0 Å². The van der Waals surface area contributed by atoms with Crippen LogP contribution in [0.3, 0.4) is 0 Å². The Hall–Kier alpha value is -1.75. The van der Waals surface area contributed by atoms with Crippen molar-refractivity contribution in [1.29, 1.82) is 0 Å². The van der Waals surface area contributed by atoms with E-state index < -0.39 is 17.3 Å². The highest BCUT2D eigenvalue weighted by atomic mass is 16.6. The van der Waals surface area contributed by atoms with E-state index in [-0.39, 0.29) is 11.5 Å². The first-order chi connectivity index (χ1) is 12.9. The number of alkyl carbamates (subject to hydrolysis) is 1. The number of hydrogen-bond acceptors (Lipinski definition) is 4. The Balaban J connectivity index is 2.09. The SMILES string of the molecule is COC(C)(C)C(NC(=O)OC(C)(C)C)c1ccc(OCC2(C)CCCC2)cc1. The fraction of sp³-hybridized carbons (Fsp3) is 0.696. The highest BCUT2D eigenvalue weighted by Gasteiger charge is 2.34. The summed E-state index contributed by atoms with van der Waals surface area (Å²) in [4.78, 5) is 12.3. The van der Waals surface area contributed by atoms with Gasteiger partial charge in [-0.05, 0) is 65.2 Å². The summed E-state index contributed by atoms with van der Waals surface area (Å²) in [7, 11) is 1.64. The molecule has 1 saturated carbocycles. The zero-order valence-electron chi connectivity index (χ0n) is 18.6. The van der Waals surface area contributed by atoms with Gasteiger partial charge in [-0.3, -0.25) is 0 Å². The van der Waals surface area contributed by atoms with Crippen LogP contribution >= 0.6 is 0 Å². The van der Waals surface area contributed by atoms with Gasteiger partial charge in [0.25, 0.3) is 0 Å². The zero-order chi connectivity index (χ0) is 21.0. The van der Waals surface area contributed by atoms with Gasteiger partial charge in [-0.2, -0.15) is 0 Å². The van der Waals surface area contributed by atoms with Gasteiger partial charge in [0.05, 0.1) is 18.2 Å². The molecule has 0 saturated heterocycles. The lowest BCUT2D eigenvalue weighted by Gasteiger charge is -2.34. The van der Waals surface area contributed by atoms with Crippen molar-refractivity contribution in [2.24, 2.45) is 5.41 Å². The maximum Gasteiger partial charge on any atom is 0.408 e. The van der Waals surface area contributed by atoms with E-state index >= 15 is 0 Å². The molecule has 1 aromatic rings. The van der Waals surface area contributed by atoms with Crippen LogP contribution in [0.15, 0.2) is 24.3 Å². The predicted octanol–water partition coefficient (Wildman–Crippen LogP) is 5.64. The van der Waals surface area contributed by atoms with E-state index in [1.54, 1.807) is 7.11 Å². The van der Waals surface area contributed by atoms with E-state index in [4.69, 9.17) is 14.2 Å². The molecule has 0 bridgehead atoms. The molecule has 2 rings (SSSR count). The first-order valence-electron chi connectivity index (χ1n) is 10.2. The van der Waals surface area contributed by atoms with Gasteiger partial charge in [-0.15, -0.1) is 0 Å². The second-order valence-corrected chi connectivity index (χ2v) is 9.76. The normalized spacial score (nSPS) is 17.8. The molecule has 1 amide bonds. The molecule has 28 heavy (non-hydrogen) atoms. The topological polar surface area (TPSA) is 56.8 Å². The highest BCUT2D eigenvalue weighted by Crippen LogP contribution is 2.38. The number of hydrogen-bond donors (Lipinski definition) is 1. The van der Waals surface area contributed by atoms with Crippen LogP contribution in [0.2, 0.25) is 0 Å². The maximum atomic E-state index is 12.3. The standard InChI is InChI=1S/C23H37NO4/c1-21(2,3)28-20(25)24-19(22(4,5)26-7)17-10-12-18(13-11-17)27-16-23(6)14-8-9-15-23/h10-13,19H,8-9,14-16H2,1-7H3,(H,24,25). The van der Waals surface area contributed by atoms with Crippen LogP contribution in [0.5, 0.6) is 5.75 Å². The summed E-state index contributed by atoms with van der Waals surface area (Å²) in [5, 5.41) is 2.96. The molecule has 1 fully saturated rings. The molecule has 158 valence electrons. The molecule has 0 aliphatic heterocycles. The van der Waals surface area contributed by atoms with Crippen molar-refractivity contribution < 1.29 is 19.0 Å². The summed E-state index contributed by atoms with van der Waals surface area (Å²) >= 11 is 0. The Bertz CT molecular complexity index is 640. The smallest absolute Gasteiger partial charge is 0.408 e. The predicted molar refractivity (Wildman–Crippen MR) is 112 cm³/mol. The van der Waals surface area contributed by atoms with Crippen molar-refractivity contribution >= 4 is 6.09 Å². The lowest BCUT2D eigenvalue weighted by atomic mass is 9.90. The molecular formula is C23H37NO4. The minimum absolute atomic E-state index is 0.289. The van der Waals surface area contributed by atoms with Crippen molar-refractivity contribution in [1.82, 2.24) is 5.32 Å². The van der Waals surface area contributed by atoms with Crippen LogP contribution in [-0.2, 0) is 9.47 Å². The fourth-order valence-corrected chi connectivity index (χ4v) is 3.59. The summed E-state index contributed by atoms with van der Waals surface area (Å²) in [6.45, 7) is 12.5. The van der Waals surface area contributed by atoms with E-state index in [9.17, 15) is 4.79 Å². The third-order valence-electron chi connectivity index (χ3n) is 5.49. The molecule has 1 unspecified atom stereocenters. The number of rotatable bonds is 7. The molecular weight excluding hydrogens is 354 g/mol. The van der Waals surface area contributed by atoms with Gasteiger partial charge in [0.1, 0.15) is 11.4 Å². The van der Waals surface area contributed by atoms with Crippen LogP contribution < -0.4 is 10.1 Å². The summed E-state index contributed by atoms with van der Waals surface area (Å²) in [6, 6.07) is 7.53. The van der Waals surface area contributed by atoms with E-state index in [1.807, 2.05) is 58.9 Å². The Morgan fingerprint density at radius 1 is 1.11 bits per heavy atom. The van der Waals surface area contributed by atoms with Crippen molar-refractivity contribution in [3.63, 3.8) is 0 Å². The molecule has 1 aromatic carbocycles. The molecule has 1 N–H and O–H groups in total. The van der Waals surface area contributed by atoms with Crippen LogP contribution in [-0.4, -0.2) is 31.0 Å². The third-order valence-corrected chi connectivity index (χ3v) is 5.49. The lowest BCUT2D eigenvalue weighted by molar-refractivity contribution is -0.0171. The molecule has 1 aliphatic carbocycles. The second kappa shape index (κ2) is 8.73. The molecule has 0 spiro atoms. The quantitative estimate of drug-likeness (QED) is 0.654. The second-order valence-electron chi connectivity index (χ2n) is 9.76. The van der Waals surface area contributed by atoms with Crippen molar-refractivity contribution in [3.8, 4) is 5.75 Å². The van der Waals surface area contributed by atoms with E-state index in [2.05, 4.69) is 12.2 Å². The van der Waals surface area contributed by atoms with Gasteiger partial charge in [-0.25, -0.2) is 4.79 Å². The van der Waals surface area contributed by atoms with Crippen LogP contribution in [0.4, 0.5) is 4.79 Å². The monoisotopic (exact) mass is 391 g/mol. The van der Waals surface area contributed by atoms with Crippen molar-refractivity contribution in [2.75, 3.05) is 13.7 Å². The van der Waals surface area contributed by atoms with E-state index in [1.165, 1.54) is 25.7 Å². The average Bonchev–Trinajstić information content (AvgIpc) is 3.04. The Morgan fingerprint density at radius 3 is 2.18 bits per heavy atom. The Kier molecular flexibility index (Phi) is 7.02. The Morgan fingerprint density at radius 2 is 1.68 bits per heavy atom. The maximum absolute atomic E-state index is 12.3. The fourth-order valence-electron chi connectivity index (χ4n) is 3.59. The summed E-state index contributed by atoms with van der Waals surface area (Å²) in [6.07, 6.45) is 4.59. The first-order valence-corrected chi connectivity index (χ1v) is 10.2. The molecule has 1 atom stereocenters. The number of amides is 1. The summed E-state index contributed by atoms with van der Waals surface area (Å²) < 4.78 is 17.1. The summed E-state index contributed by atoms with van der Waals surface area (Å²) in [5.41, 5.74) is 0.0747. The van der Waals surface area contributed by atoms with Gasteiger partial charge >= 0.3 is 6.09 Å². The molecule has 5 nitrogen and oxygen atoms in total. The lowest BCUT2D eigenvalue weighted by Crippen LogP contribution is -2.45. The van der Waals surface area contributed by atoms with Crippen LogP contribution in [0.25, 0.3) is 0 Å². The summed E-state index contributed by atoms with van der Waals surface area (Å²) in [5.74, 6) is 0.850. The van der Waals surface area contributed by atoms with Gasteiger partial charge in [0, 0.05) is 12.5 Å². The van der Waals surface area contributed by atoms with Crippen LogP contribution in [0, 0.1) is 5.41 Å². The number of ether oxygens (including phenoxy) is 3. The van der Waals surface area contributed by atoms with Crippen molar-refractivity contribution in [2.45, 2.75) is 84.5 Å². The highest BCUT2D eigenvalue weighted by molar-refractivity contribution is 5.68. The van der Waals surface area contributed by atoms with E-state index in [0.717, 1.165) is 17.9 Å². The van der Waals surface area contributed by atoms with E-state index in [0.29, 0.717) is 0 Å². The van der Waals surface area contributed by atoms with Gasteiger partial charge in [0.15, 0.2) is 0 Å². The Labute approximate surface area is 170 Å². The number of carbonyl (C=O) groups is 1. The zero-order valence-corrected chi connectivity index (χ0v) is 18.6. The minimum atomic E-state index is -0.601.